The molecule has 57 heavy (non-hydrogen) atoms. The molecule has 0 saturated heterocycles. The van der Waals surface area contributed by atoms with Gasteiger partial charge in [0.1, 0.15) is 13.2 Å². The minimum absolute atomic E-state index is 0.0944. The normalized spacial score (nSPS) is 12.5. The third-order valence-corrected chi connectivity index (χ3v) is 9.96. The first-order valence-corrected chi connectivity index (χ1v) is 23.8. The molecule has 0 radical (unpaired) electrons. The topological polar surface area (TPSA) is 78.9 Å². The molecule has 0 aliphatic rings. The summed E-state index contributed by atoms with van der Waals surface area (Å²) in [6.07, 6.45) is 54.8. The minimum atomic E-state index is -0.794. The number of hydrogen-bond donors (Lipinski definition) is 0. The van der Waals surface area contributed by atoms with Crippen molar-refractivity contribution in [2.45, 2.75) is 232 Å². The summed E-state index contributed by atoms with van der Waals surface area (Å²) in [5.41, 5.74) is 0. The van der Waals surface area contributed by atoms with Crippen molar-refractivity contribution in [3.05, 3.63) is 60.8 Å². The summed E-state index contributed by atoms with van der Waals surface area (Å²) in [4.78, 5) is 37.8. The van der Waals surface area contributed by atoms with E-state index in [9.17, 15) is 14.4 Å². The fourth-order valence-electron chi connectivity index (χ4n) is 6.30. The molecule has 0 aliphatic heterocycles. The summed E-state index contributed by atoms with van der Waals surface area (Å²) in [5.74, 6) is -0.954. The molecular weight excluding hydrogens is 709 g/mol. The second-order valence-electron chi connectivity index (χ2n) is 15.7. The summed E-state index contributed by atoms with van der Waals surface area (Å²) >= 11 is 0. The Balaban J connectivity index is 4.46. The van der Waals surface area contributed by atoms with Crippen molar-refractivity contribution in [1.29, 1.82) is 0 Å². The van der Waals surface area contributed by atoms with Gasteiger partial charge in [0.2, 0.25) is 0 Å². The van der Waals surface area contributed by atoms with Crippen LogP contribution in [0.5, 0.6) is 0 Å². The lowest BCUT2D eigenvalue weighted by molar-refractivity contribution is -0.167. The molecule has 0 aromatic rings. The Morgan fingerprint density at radius 1 is 0.351 bits per heavy atom. The molecule has 0 fully saturated rings. The van der Waals surface area contributed by atoms with Crippen LogP contribution in [0.15, 0.2) is 60.8 Å². The summed E-state index contributed by atoms with van der Waals surface area (Å²) in [7, 11) is 0. The van der Waals surface area contributed by atoms with Crippen LogP contribution in [0.2, 0.25) is 0 Å². The standard InChI is InChI=1S/C51H88O6/c1-4-7-10-13-16-19-22-24-25-27-29-32-35-38-41-44-50(53)56-47-48(46-55-49(52)43-40-37-34-31-28-21-18-15-12-9-6-3)57-51(54)45-42-39-36-33-30-26-23-20-17-14-11-8-5-2/h15-16,18-20,23-25,29,32,48H,4-14,17,21-22,26-28,30-31,33-47H2,1-3H3/b18-15-,19-16-,23-20-,25-24-,32-29-/t48-/m1/s1. The number of carbonyl (C=O) groups excluding carboxylic acids is 3. The SMILES string of the molecule is CCCC/C=C\CCCCCCCC(=O)OC[C@H](COC(=O)CCCC/C=C\C/C=C\C/C=C\CCCCC)OC(=O)CCCCCCC/C=C\CCCCCC. The summed E-state index contributed by atoms with van der Waals surface area (Å²) in [6.45, 7) is 6.49. The number of hydrogen-bond acceptors (Lipinski definition) is 6. The van der Waals surface area contributed by atoms with E-state index >= 15 is 0 Å². The summed E-state index contributed by atoms with van der Waals surface area (Å²) < 4.78 is 16.7. The number of rotatable bonds is 42. The van der Waals surface area contributed by atoms with Gasteiger partial charge in [0.15, 0.2) is 6.10 Å². The Labute approximate surface area is 351 Å². The predicted molar refractivity (Wildman–Crippen MR) is 242 cm³/mol. The van der Waals surface area contributed by atoms with Crippen LogP contribution in [-0.4, -0.2) is 37.2 Å². The van der Waals surface area contributed by atoms with Crippen LogP contribution in [0.4, 0.5) is 0 Å². The van der Waals surface area contributed by atoms with Crippen molar-refractivity contribution in [3.8, 4) is 0 Å². The Morgan fingerprint density at radius 3 is 1.12 bits per heavy atom. The molecule has 0 spiro atoms. The molecule has 0 saturated carbocycles. The van der Waals surface area contributed by atoms with Crippen molar-refractivity contribution < 1.29 is 28.6 Å². The number of carbonyl (C=O) groups is 3. The van der Waals surface area contributed by atoms with E-state index in [1.807, 2.05) is 0 Å². The molecule has 0 bridgehead atoms. The van der Waals surface area contributed by atoms with Gasteiger partial charge >= 0.3 is 17.9 Å². The Morgan fingerprint density at radius 2 is 0.649 bits per heavy atom. The van der Waals surface area contributed by atoms with Crippen LogP contribution < -0.4 is 0 Å². The Bertz CT molecular complexity index is 1050. The Hall–Kier alpha value is -2.89. The lowest BCUT2D eigenvalue weighted by Crippen LogP contribution is -2.30. The second kappa shape index (κ2) is 45.8. The van der Waals surface area contributed by atoms with Crippen molar-refractivity contribution in [2.75, 3.05) is 13.2 Å². The smallest absolute Gasteiger partial charge is 0.306 e. The Kier molecular flexibility index (Phi) is 43.5. The lowest BCUT2D eigenvalue weighted by atomic mass is 10.1. The van der Waals surface area contributed by atoms with Gasteiger partial charge < -0.3 is 14.2 Å². The highest BCUT2D eigenvalue weighted by atomic mass is 16.6. The molecule has 0 aliphatic carbocycles. The van der Waals surface area contributed by atoms with Gasteiger partial charge in [-0.3, -0.25) is 14.4 Å². The van der Waals surface area contributed by atoms with Gasteiger partial charge in [0.25, 0.3) is 0 Å². The molecule has 0 amide bonds. The predicted octanol–water partition coefficient (Wildman–Crippen LogP) is 15.3. The number of unbranched alkanes of at least 4 members (excludes halogenated alkanes) is 21. The molecule has 1 atom stereocenters. The van der Waals surface area contributed by atoms with Gasteiger partial charge in [-0.15, -0.1) is 0 Å². The van der Waals surface area contributed by atoms with E-state index in [4.69, 9.17) is 14.2 Å². The van der Waals surface area contributed by atoms with E-state index in [0.29, 0.717) is 19.3 Å². The van der Waals surface area contributed by atoms with Crippen LogP contribution >= 0.6 is 0 Å². The van der Waals surface area contributed by atoms with E-state index in [-0.39, 0.29) is 31.1 Å². The fraction of sp³-hybridized carbons (Fsp3) is 0.745. The van der Waals surface area contributed by atoms with E-state index in [1.54, 1.807) is 0 Å². The molecular formula is C51H88O6. The van der Waals surface area contributed by atoms with Crippen LogP contribution in [0, 0.1) is 0 Å². The zero-order valence-corrected chi connectivity index (χ0v) is 37.3. The van der Waals surface area contributed by atoms with Gasteiger partial charge in [-0.25, -0.2) is 0 Å². The fourth-order valence-corrected chi connectivity index (χ4v) is 6.30. The molecule has 6 nitrogen and oxygen atoms in total. The van der Waals surface area contributed by atoms with Crippen molar-refractivity contribution in [2.24, 2.45) is 0 Å². The zero-order valence-electron chi connectivity index (χ0n) is 37.3. The van der Waals surface area contributed by atoms with E-state index in [0.717, 1.165) is 89.9 Å². The van der Waals surface area contributed by atoms with Crippen LogP contribution in [-0.2, 0) is 28.6 Å². The summed E-state index contributed by atoms with van der Waals surface area (Å²) in [6, 6.07) is 0. The second-order valence-corrected chi connectivity index (χ2v) is 15.7. The van der Waals surface area contributed by atoms with Gasteiger partial charge in [0, 0.05) is 19.3 Å². The summed E-state index contributed by atoms with van der Waals surface area (Å²) in [5, 5.41) is 0. The van der Waals surface area contributed by atoms with Gasteiger partial charge in [0.05, 0.1) is 0 Å². The van der Waals surface area contributed by atoms with Crippen LogP contribution in [0.1, 0.15) is 226 Å². The van der Waals surface area contributed by atoms with Gasteiger partial charge in [-0.05, 0) is 103 Å². The lowest BCUT2D eigenvalue weighted by Gasteiger charge is -2.18. The highest BCUT2D eigenvalue weighted by Gasteiger charge is 2.19. The average Bonchev–Trinajstić information content (AvgIpc) is 3.21. The molecule has 0 N–H and O–H groups in total. The molecule has 0 heterocycles. The molecule has 0 rings (SSSR count). The van der Waals surface area contributed by atoms with Crippen molar-refractivity contribution in [1.82, 2.24) is 0 Å². The zero-order chi connectivity index (χ0) is 41.5. The largest absolute Gasteiger partial charge is 0.462 e. The van der Waals surface area contributed by atoms with Gasteiger partial charge in [-0.1, -0.05) is 165 Å². The van der Waals surface area contributed by atoms with Gasteiger partial charge in [-0.2, -0.15) is 0 Å². The van der Waals surface area contributed by atoms with Crippen LogP contribution in [0.25, 0.3) is 0 Å². The van der Waals surface area contributed by atoms with E-state index in [1.165, 1.54) is 96.3 Å². The third-order valence-electron chi connectivity index (χ3n) is 9.96. The number of ether oxygens (including phenoxy) is 3. The molecule has 0 aromatic heterocycles. The van der Waals surface area contributed by atoms with Crippen molar-refractivity contribution in [3.63, 3.8) is 0 Å². The maximum Gasteiger partial charge on any atom is 0.306 e. The quantitative estimate of drug-likeness (QED) is 0.0265. The first-order valence-electron chi connectivity index (χ1n) is 23.8. The highest BCUT2D eigenvalue weighted by Crippen LogP contribution is 2.13. The molecule has 0 aromatic carbocycles. The van der Waals surface area contributed by atoms with Crippen LogP contribution in [0.3, 0.4) is 0 Å². The average molecular weight is 797 g/mol. The molecule has 328 valence electrons. The minimum Gasteiger partial charge on any atom is -0.462 e. The van der Waals surface area contributed by atoms with E-state index < -0.39 is 6.10 Å². The maximum absolute atomic E-state index is 12.7. The number of allylic oxidation sites excluding steroid dienone is 10. The first kappa shape index (κ1) is 54.1. The molecule has 6 heteroatoms. The molecule has 0 unspecified atom stereocenters. The highest BCUT2D eigenvalue weighted by molar-refractivity contribution is 5.71. The van der Waals surface area contributed by atoms with E-state index in [2.05, 4.69) is 81.5 Å². The third kappa shape index (κ3) is 44.1. The first-order chi connectivity index (χ1) is 28.0. The maximum atomic E-state index is 12.7. The van der Waals surface area contributed by atoms with Crippen molar-refractivity contribution >= 4 is 17.9 Å². The number of esters is 3. The monoisotopic (exact) mass is 797 g/mol.